The molecule has 0 aliphatic carbocycles. The Balaban J connectivity index is 2.14. The van der Waals surface area contributed by atoms with E-state index in [-0.39, 0.29) is 0 Å². The van der Waals surface area contributed by atoms with Gasteiger partial charge in [0, 0.05) is 17.5 Å². The third-order valence-corrected chi connectivity index (χ3v) is 5.02. The van der Waals surface area contributed by atoms with E-state index in [0.717, 1.165) is 33.0 Å². The summed E-state index contributed by atoms with van der Waals surface area (Å²) < 4.78 is 5.40. The zero-order valence-corrected chi connectivity index (χ0v) is 14.3. The van der Waals surface area contributed by atoms with E-state index in [9.17, 15) is 0 Å². The van der Waals surface area contributed by atoms with E-state index in [1.165, 1.54) is 22.5 Å². The van der Waals surface area contributed by atoms with Crippen LogP contribution in [0, 0.1) is 26.7 Å². The standard InChI is InChI=1S/C16H20N4OS/c1-7(2)6-11-19-15(21-20-11)14-13(17)12-9(4)8(3)10(5)18-16(12)22-14/h7H,6,17H2,1-5H3. The van der Waals surface area contributed by atoms with E-state index in [1.807, 2.05) is 6.92 Å². The number of hydrogen-bond acceptors (Lipinski definition) is 6. The highest BCUT2D eigenvalue weighted by Gasteiger charge is 2.20. The van der Waals surface area contributed by atoms with E-state index in [1.54, 1.807) is 0 Å². The summed E-state index contributed by atoms with van der Waals surface area (Å²) in [4.78, 5) is 10.9. The normalized spacial score (nSPS) is 11.7. The number of nitrogens with zero attached hydrogens (tertiary/aromatic N) is 3. The van der Waals surface area contributed by atoms with E-state index in [2.05, 4.69) is 42.8 Å². The van der Waals surface area contributed by atoms with Crippen LogP contribution < -0.4 is 5.73 Å². The van der Waals surface area contributed by atoms with Gasteiger partial charge in [-0.2, -0.15) is 4.98 Å². The minimum atomic E-state index is 0.486. The largest absolute Gasteiger partial charge is 0.397 e. The van der Waals surface area contributed by atoms with Gasteiger partial charge in [0.05, 0.1) is 5.69 Å². The lowest BCUT2D eigenvalue weighted by Crippen LogP contribution is -1.96. The second kappa shape index (κ2) is 5.35. The summed E-state index contributed by atoms with van der Waals surface area (Å²) in [5, 5.41) is 5.05. The molecular formula is C16H20N4OS. The number of aryl methyl sites for hydroxylation is 2. The van der Waals surface area contributed by atoms with Crippen LogP contribution in [0.3, 0.4) is 0 Å². The van der Waals surface area contributed by atoms with Crippen molar-refractivity contribution in [3.8, 4) is 10.8 Å². The molecule has 3 aromatic rings. The van der Waals surface area contributed by atoms with Crippen LogP contribution in [0.15, 0.2) is 4.52 Å². The van der Waals surface area contributed by atoms with Crippen LogP contribution in [0.4, 0.5) is 5.69 Å². The van der Waals surface area contributed by atoms with Crippen molar-refractivity contribution in [1.82, 2.24) is 15.1 Å². The fourth-order valence-electron chi connectivity index (χ4n) is 2.52. The monoisotopic (exact) mass is 316 g/mol. The van der Waals surface area contributed by atoms with Crippen LogP contribution in [0.2, 0.25) is 0 Å². The number of anilines is 1. The fraction of sp³-hybridized carbons (Fsp3) is 0.438. The minimum Gasteiger partial charge on any atom is -0.397 e. The van der Waals surface area contributed by atoms with Crippen molar-refractivity contribution >= 4 is 27.2 Å². The molecule has 3 heterocycles. The number of pyridine rings is 1. The van der Waals surface area contributed by atoms with Gasteiger partial charge in [-0.05, 0) is 37.8 Å². The molecule has 0 saturated carbocycles. The van der Waals surface area contributed by atoms with Crippen molar-refractivity contribution in [2.45, 2.75) is 41.0 Å². The Hall–Kier alpha value is -1.95. The zero-order chi connectivity index (χ0) is 16.0. The SMILES string of the molecule is Cc1nc2sc(-c3nc(CC(C)C)no3)c(N)c2c(C)c1C. The molecule has 0 amide bonds. The van der Waals surface area contributed by atoms with E-state index in [0.29, 0.717) is 17.5 Å². The quantitative estimate of drug-likeness (QED) is 0.788. The number of rotatable bonds is 3. The molecule has 3 aromatic heterocycles. The summed E-state index contributed by atoms with van der Waals surface area (Å²) in [6.45, 7) is 10.4. The molecule has 0 aliphatic rings. The van der Waals surface area contributed by atoms with Gasteiger partial charge in [-0.1, -0.05) is 19.0 Å². The first-order valence-corrected chi connectivity index (χ1v) is 8.18. The third-order valence-electron chi connectivity index (χ3n) is 3.93. The number of aromatic nitrogens is 3. The maximum atomic E-state index is 6.34. The first kappa shape index (κ1) is 15.0. The van der Waals surface area contributed by atoms with Crippen molar-refractivity contribution in [3.05, 3.63) is 22.6 Å². The van der Waals surface area contributed by atoms with Gasteiger partial charge in [0.15, 0.2) is 5.82 Å². The molecule has 0 spiro atoms. The summed E-state index contributed by atoms with van der Waals surface area (Å²) in [5.74, 6) is 1.70. The lowest BCUT2D eigenvalue weighted by molar-refractivity contribution is 0.418. The summed E-state index contributed by atoms with van der Waals surface area (Å²) >= 11 is 1.51. The second-order valence-corrected chi connectivity index (χ2v) is 7.09. The van der Waals surface area contributed by atoms with Gasteiger partial charge in [-0.25, -0.2) is 4.98 Å². The topological polar surface area (TPSA) is 77.8 Å². The van der Waals surface area contributed by atoms with Crippen molar-refractivity contribution in [3.63, 3.8) is 0 Å². The van der Waals surface area contributed by atoms with Gasteiger partial charge < -0.3 is 10.3 Å². The molecule has 2 N–H and O–H groups in total. The first-order valence-electron chi connectivity index (χ1n) is 7.37. The molecule has 116 valence electrons. The molecule has 3 rings (SSSR count). The average Bonchev–Trinajstić information content (AvgIpc) is 3.00. The second-order valence-electron chi connectivity index (χ2n) is 6.09. The van der Waals surface area contributed by atoms with Crippen molar-refractivity contribution in [2.24, 2.45) is 5.92 Å². The molecule has 0 aromatic carbocycles. The lowest BCUT2D eigenvalue weighted by Gasteiger charge is -2.05. The highest BCUT2D eigenvalue weighted by Crippen LogP contribution is 2.41. The number of nitrogen functional groups attached to an aromatic ring is 1. The van der Waals surface area contributed by atoms with E-state index < -0.39 is 0 Å². The molecule has 22 heavy (non-hydrogen) atoms. The van der Waals surface area contributed by atoms with Crippen molar-refractivity contribution < 1.29 is 4.52 Å². The van der Waals surface area contributed by atoms with E-state index >= 15 is 0 Å². The molecule has 0 bridgehead atoms. The molecule has 0 aliphatic heterocycles. The maximum absolute atomic E-state index is 6.34. The summed E-state index contributed by atoms with van der Waals surface area (Å²) in [5.41, 5.74) is 10.4. The molecular weight excluding hydrogens is 296 g/mol. The summed E-state index contributed by atoms with van der Waals surface area (Å²) in [7, 11) is 0. The predicted octanol–water partition coefficient (Wildman–Crippen LogP) is 4.05. The highest BCUT2D eigenvalue weighted by atomic mass is 32.1. The molecule has 5 nitrogen and oxygen atoms in total. The van der Waals surface area contributed by atoms with Gasteiger partial charge in [0.2, 0.25) is 0 Å². The Morgan fingerprint density at radius 3 is 2.55 bits per heavy atom. The number of thiophene rings is 1. The van der Waals surface area contributed by atoms with Crippen LogP contribution in [0.5, 0.6) is 0 Å². The first-order chi connectivity index (χ1) is 10.4. The van der Waals surface area contributed by atoms with E-state index in [4.69, 9.17) is 10.3 Å². The van der Waals surface area contributed by atoms with Crippen LogP contribution in [0.25, 0.3) is 21.0 Å². The molecule has 0 fully saturated rings. The van der Waals surface area contributed by atoms with Crippen LogP contribution in [-0.2, 0) is 6.42 Å². The Morgan fingerprint density at radius 1 is 1.14 bits per heavy atom. The Bertz CT molecular complexity index is 848. The lowest BCUT2D eigenvalue weighted by atomic mass is 10.1. The van der Waals surface area contributed by atoms with Gasteiger partial charge in [0.1, 0.15) is 9.71 Å². The van der Waals surface area contributed by atoms with Crippen LogP contribution >= 0.6 is 11.3 Å². The smallest absolute Gasteiger partial charge is 0.270 e. The maximum Gasteiger partial charge on any atom is 0.270 e. The Kier molecular flexibility index (Phi) is 3.64. The van der Waals surface area contributed by atoms with Gasteiger partial charge in [0.25, 0.3) is 5.89 Å². The fourth-order valence-corrected chi connectivity index (χ4v) is 3.64. The summed E-state index contributed by atoms with van der Waals surface area (Å²) in [6, 6.07) is 0. The molecule has 0 radical (unpaired) electrons. The average molecular weight is 316 g/mol. The number of fused-ring (bicyclic) bond motifs is 1. The summed E-state index contributed by atoms with van der Waals surface area (Å²) in [6.07, 6.45) is 0.795. The molecule has 0 atom stereocenters. The molecule has 6 heteroatoms. The van der Waals surface area contributed by atoms with Gasteiger partial charge in [-0.15, -0.1) is 11.3 Å². The highest BCUT2D eigenvalue weighted by molar-refractivity contribution is 7.22. The number of hydrogen-bond donors (Lipinski definition) is 1. The van der Waals surface area contributed by atoms with Crippen LogP contribution in [0.1, 0.15) is 36.5 Å². The van der Waals surface area contributed by atoms with Crippen molar-refractivity contribution in [2.75, 3.05) is 5.73 Å². The van der Waals surface area contributed by atoms with Gasteiger partial charge in [-0.3, -0.25) is 0 Å². The van der Waals surface area contributed by atoms with Crippen LogP contribution in [-0.4, -0.2) is 15.1 Å². The third kappa shape index (κ3) is 2.37. The van der Waals surface area contributed by atoms with Gasteiger partial charge >= 0.3 is 0 Å². The van der Waals surface area contributed by atoms with Crippen molar-refractivity contribution in [1.29, 1.82) is 0 Å². The Labute approximate surface area is 133 Å². The minimum absolute atomic E-state index is 0.486. The number of nitrogens with two attached hydrogens (primary N) is 1. The molecule has 0 saturated heterocycles. The zero-order valence-electron chi connectivity index (χ0n) is 13.5. The molecule has 0 unspecified atom stereocenters. The predicted molar refractivity (Wildman–Crippen MR) is 90.1 cm³/mol. The Morgan fingerprint density at radius 2 is 1.86 bits per heavy atom.